The number of nitrogens with zero attached hydrogens (tertiary/aromatic N) is 8. The highest BCUT2D eigenvalue weighted by Crippen LogP contribution is 2.28. The Labute approximate surface area is 204 Å². The minimum absolute atomic E-state index is 0.352. The average molecular weight is 472 g/mol. The van der Waals surface area contributed by atoms with Gasteiger partial charge in [-0.15, -0.1) is 10.2 Å². The van der Waals surface area contributed by atoms with E-state index in [1.165, 1.54) is 25.9 Å². The predicted octanol–water partition coefficient (Wildman–Crippen LogP) is 1.76. The highest BCUT2D eigenvalue weighted by Gasteiger charge is 2.35. The van der Waals surface area contributed by atoms with Crippen molar-refractivity contribution in [2.24, 2.45) is 9.98 Å². The third-order valence-corrected chi connectivity index (χ3v) is 6.64. The maximum absolute atomic E-state index is 9.56. The van der Waals surface area contributed by atoms with Crippen LogP contribution in [0.1, 0.15) is 25.7 Å². The minimum atomic E-state index is -0.352. The van der Waals surface area contributed by atoms with Gasteiger partial charge in [-0.25, -0.2) is 5.01 Å². The summed E-state index contributed by atoms with van der Waals surface area (Å²) in [5.74, 6) is 1.51. The quantitative estimate of drug-likeness (QED) is 0.532. The van der Waals surface area contributed by atoms with Crippen molar-refractivity contribution in [2.45, 2.75) is 37.8 Å². The van der Waals surface area contributed by atoms with Crippen LogP contribution in [0.4, 0.5) is 11.4 Å². The van der Waals surface area contributed by atoms with Crippen molar-refractivity contribution in [3.8, 4) is 11.8 Å². The fourth-order valence-electron chi connectivity index (χ4n) is 4.64. The van der Waals surface area contributed by atoms with E-state index in [0.717, 1.165) is 60.4 Å². The van der Waals surface area contributed by atoms with Crippen LogP contribution in [0.2, 0.25) is 0 Å². The molecule has 3 N–H and O–H groups in total. The number of aromatic nitrogens is 3. The van der Waals surface area contributed by atoms with Gasteiger partial charge in [-0.1, -0.05) is 0 Å². The molecule has 1 atom stereocenters. The van der Waals surface area contributed by atoms with Crippen LogP contribution in [0.25, 0.3) is 5.69 Å². The molecule has 4 heterocycles. The summed E-state index contributed by atoms with van der Waals surface area (Å²) in [6.45, 7) is 4.73. The van der Waals surface area contributed by atoms with E-state index in [0.29, 0.717) is 12.6 Å². The third kappa shape index (κ3) is 4.70. The van der Waals surface area contributed by atoms with E-state index >= 15 is 0 Å². The summed E-state index contributed by atoms with van der Waals surface area (Å²) < 4.78 is 1.91. The number of fused-ring (bicyclic) bond motifs is 1. The van der Waals surface area contributed by atoms with E-state index in [4.69, 9.17) is 4.99 Å². The summed E-state index contributed by atoms with van der Waals surface area (Å²) in [5, 5.41) is 26.4. The monoisotopic (exact) mass is 471 g/mol. The normalized spacial score (nSPS) is 22.9. The topological polar surface area (TPSA) is 122 Å². The van der Waals surface area contributed by atoms with Gasteiger partial charge in [-0.2, -0.15) is 5.26 Å². The van der Waals surface area contributed by atoms with Gasteiger partial charge in [0.2, 0.25) is 0 Å². The van der Waals surface area contributed by atoms with E-state index in [9.17, 15) is 5.26 Å². The second-order valence-corrected chi connectivity index (χ2v) is 9.30. The Morgan fingerprint density at radius 1 is 1.17 bits per heavy atom. The molecule has 6 rings (SSSR count). The fraction of sp³-hybridized carbons (Fsp3) is 0.458. The Morgan fingerprint density at radius 2 is 2.00 bits per heavy atom. The number of rotatable bonds is 8. The fourth-order valence-corrected chi connectivity index (χ4v) is 4.64. The Balaban J connectivity index is 1.23. The van der Waals surface area contributed by atoms with Crippen molar-refractivity contribution >= 4 is 22.9 Å². The average Bonchev–Trinajstić information content (AvgIpc) is 3.29. The van der Waals surface area contributed by atoms with Crippen LogP contribution in [0.3, 0.4) is 0 Å². The first-order valence-electron chi connectivity index (χ1n) is 12.3. The van der Waals surface area contributed by atoms with Crippen LogP contribution in [0.5, 0.6) is 0 Å². The van der Waals surface area contributed by atoms with Gasteiger partial charge in [-0.05, 0) is 57.0 Å². The molecule has 11 heteroatoms. The van der Waals surface area contributed by atoms with Gasteiger partial charge >= 0.3 is 0 Å². The van der Waals surface area contributed by atoms with E-state index in [-0.39, 0.29) is 6.04 Å². The Morgan fingerprint density at radius 3 is 2.77 bits per heavy atom. The van der Waals surface area contributed by atoms with Crippen LogP contribution >= 0.6 is 0 Å². The highest BCUT2D eigenvalue weighted by atomic mass is 15.6. The molecule has 2 fully saturated rings. The number of nitrogens with one attached hydrogen (secondary N) is 3. The predicted molar refractivity (Wildman–Crippen MR) is 134 cm³/mol. The van der Waals surface area contributed by atoms with Crippen LogP contribution in [-0.4, -0.2) is 81.0 Å². The SMILES string of the molecule is N#CC1CN=C2C(=NC3CC3)C=C(Nc3ccc(NCCN4CCCC4)c(-n4cnnc4)c3)NN21. The van der Waals surface area contributed by atoms with Crippen molar-refractivity contribution in [1.82, 2.24) is 30.1 Å². The van der Waals surface area contributed by atoms with Crippen LogP contribution in [0.15, 0.2) is 52.7 Å². The lowest BCUT2D eigenvalue weighted by atomic mass is 10.2. The Hall–Kier alpha value is -3.91. The minimum Gasteiger partial charge on any atom is -0.382 e. The lowest BCUT2D eigenvalue weighted by molar-refractivity contribution is 0.328. The zero-order chi connectivity index (χ0) is 23.6. The van der Waals surface area contributed by atoms with E-state index in [2.05, 4.69) is 54.4 Å². The number of hydrogen-bond donors (Lipinski definition) is 3. The van der Waals surface area contributed by atoms with Crippen molar-refractivity contribution in [2.75, 3.05) is 43.4 Å². The summed E-state index contributed by atoms with van der Waals surface area (Å²) >= 11 is 0. The number of aliphatic imine (C=N–C) groups is 2. The first kappa shape index (κ1) is 21.6. The zero-order valence-corrected chi connectivity index (χ0v) is 19.6. The molecule has 0 amide bonds. The second-order valence-electron chi connectivity index (χ2n) is 9.30. The largest absolute Gasteiger partial charge is 0.382 e. The lowest BCUT2D eigenvalue weighted by Gasteiger charge is -2.31. The standard InChI is InChI=1S/C24H29N11/c25-13-19-14-27-24-21(30-17-3-4-17)12-23(32-35(19)24)31-18-5-6-20(22(11-18)34-15-28-29-16-34)26-7-10-33-8-1-2-9-33/h5-6,11-12,15-17,19,26,31-32H,1-4,7-10,14H2. The number of amidine groups is 1. The van der Waals surface area contributed by atoms with Gasteiger partial charge < -0.3 is 15.5 Å². The Bertz CT molecular complexity index is 1200. The molecule has 11 nitrogen and oxygen atoms in total. The number of nitriles is 1. The second kappa shape index (κ2) is 9.38. The molecule has 1 unspecified atom stereocenters. The molecule has 3 aliphatic heterocycles. The van der Waals surface area contributed by atoms with Crippen LogP contribution < -0.4 is 16.1 Å². The number of anilines is 2. The number of benzene rings is 1. The summed E-state index contributed by atoms with van der Waals surface area (Å²) in [6, 6.07) is 8.51. The van der Waals surface area contributed by atoms with Gasteiger partial charge in [-0.3, -0.25) is 20.0 Å². The van der Waals surface area contributed by atoms with Crippen molar-refractivity contribution in [1.29, 1.82) is 5.26 Å². The third-order valence-electron chi connectivity index (χ3n) is 6.64. The van der Waals surface area contributed by atoms with Gasteiger partial charge in [0.05, 0.1) is 30.0 Å². The van der Waals surface area contributed by atoms with Crippen molar-refractivity contribution in [3.63, 3.8) is 0 Å². The highest BCUT2D eigenvalue weighted by molar-refractivity contribution is 6.46. The van der Waals surface area contributed by atoms with Gasteiger partial charge in [0, 0.05) is 24.9 Å². The molecule has 1 aliphatic carbocycles. The Kier molecular flexibility index (Phi) is 5.79. The molecule has 0 spiro atoms. The summed E-state index contributed by atoms with van der Waals surface area (Å²) in [7, 11) is 0. The molecule has 2 aromatic rings. The molecule has 1 saturated carbocycles. The molecule has 0 radical (unpaired) electrons. The van der Waals surface area contributed by atoms with E-state index < -0.39 is 0 Å². The summed E-state index contributed by atoms with van der Waals surface area (Å²) in [4.78, 5) is 11.9. The van der Waals surface area contributed by atoms with Crippen molar-refractivity contribution in [3.05, 3.63) is 42.8 Å². The molecule has 180 valence electrons. The van der Waals surface area contributed by atoms with Crippen LogP contribution in [-0.2, 0) is 0 Å². The molecule has 0 bridgehead atoms. The van der Waals surface area contributed by atoms with E-state index in [1.54, 1.807) is 12.7 Å². The molecule has 1 saturated heterocycles. The van der Waals surface area contributed by atoms with E-state index in [1.807, 2.05) is 21.7 Å². The number of likely N-dealkylation sites (tertiary alicyclic amines) is 1. The first-order valence-corrected chi connectivity index (χ1v) is 12.3. The number of hydrogen-bond acceptors (Lipinski definition) is 10. The smallest absolute Gasteiger partial charge is 0.169 e. The summed E-state index contributed by atoms with van der Waals surface area (Å²) in [6.07, 6.45) is 10.2. The molecule has 1 aromatic heterocycles. The number of hydrazine groups is 1. The summed E-state index contributed by atoms with van der Waals surface area (Å²) in [5.41, 5.74) is 7.03. The van der Waals surface area contributed by atoms with Crippen molar-refractivity contribution < 1.29 is 0 Å². The van der Waals surface area contributed by atoms with Gasteiger partial charge in [0.25, 0.3) is 0 Å². The lowest BCUT2D eigenvalue weighted by Crippen LogP contribution is -2.52. The van der Waals surface area contributed by atoms with Gasteiger partial charge in [0.1, 0.15) is 24.2 Å². The molecular formula is C24H29N11. The van der Waals surface area contributed by atoms with Gasteiger partial charge in [0.15, 0.2) is 11.9 Å². The molecule has 35 heavy (non-hydrogen) atoms. The van der Waals surface area contributed by atoms with Crippen LogP contribution in [0, 0.1) is 11.3 Å². The first-order chi connectivity index (χ1) is 17.3. The maximum Gasteiger partial charge on any atom is 0.169 e. The molecular weight excluding hydrogens is 442 g/mol. The molecule has 1 aromatic carbocycles. The zero-order valence-electron chi connectivity index (χ0n) is 19.6. The maximum atomic E-state index is 9.56. The molecule has 4 aliphatic rings.